The van der Waals surface area contributed by atoms with Crippen molar-refractivity contribution >= 4 is 34.7 Å². The van der Waals surface area contributed by atoms with Crippen molar-refractivity contribution < 1.29 is 0 Å². The molecule has 0 unspecified atom stereocenters. The van der Waals surface area contributed by atoms with Crippen molar-refractivity contribution in [2.24, 2.45) is 0 Å². The summed E-state index contributed by atoms with van der Waals surface area (Å²) < 4.78 is 0. The molecule has 2 aromatic carbocycles. The lowest BCUT2D eigenvalue weighted by molar-refractivity contribution is 1.02. The van der Waals surface area contributed by atoms with Gasteiger partial charge < -0.3 is 10.2 Å². The van der Waals surface area contributed by atoms with Crippen molar-refractivity contribution in [2.45, 2.75) is 6.92 Å². The third-order valence-corrected chi connectivity index (χ3v) is 3.62. The number of benzene rings is 2. The van der Waals surface area contributed by atoms with E-state index in [-0.39, 0.29) is 0 Å². The molecular formula is C18H17ClN4. The number of aromatic nitrogens is 2. The van der Waals surface area contributed by atoms with Crippen LogP contribution in [0.2, 0.25) is 5.02 Å². The zero-order chi connectivity index (χ0) is 16.2. The van der Waals surface area contributed by atoms with Crippen LogP contribution in [0.3, 0.4) is 0 Å². The fourth-order valence-electron chi connectivity index (χ4n) is 2.25. The molecule has 0 saturated heterocycles. The zero-order valence-electron chi connectivity index (χ0n) is 13.0. The van der Waals surface area contributed by atoms with Crippen LogP contribution in [0.1, 0.15) is 5.69 Å². The minimum absolute atomic E-state index is 0.640. The molecule has 3 rings (SSSR count). The monoisotopic (exact) mass is 324 g/mol. The Hall–Kier alpha value is -2.59. The Morgan fingerprint density at radius 3 is 2.48 bits per heavy atom. The first-order valence-corrected chi connectivity index (χ1v) is 7.67. The van der Waals surface area contributed by atoms with Crippen LogP contribution in [-0.2, 0) is 0 Å². The minimum atomic E-state index is 0.640. The molecule has 0 spiro atoms. The smallest absolute Gasteiger partial charge is 0.231 e. The van der Waals surface area contributed by atoms with Gasteiger partial charge in [-0.3, -0.25) is 0 Å². The van der Waals surface area contributed by atoms with Crippen LogP contribution in [0, 0.1) is 6.92 Å². The standard InChI is InChI=1S/C18H17ClN4/c1-13-11-17(21-15-8-6-7-14(19)12-15)22-18(20-13)23(2)16-9-4-3-5-10-16/h3-12H,1-2H3,(H,20,21,22). The molecule has 0 amide bonds. The maximum Gasteiger partial charge on any atom is 0.231 e. The zero-order valence-corrected chi connectivity index (χ0v) is 13.7. The van der Waals surface area contributed by atoms with Gasteiger partial charge in [0, 0.05) is 35.2 Å². The highest BCUT2D eigenvalue weighted by Crippen LogP contribution is 2.24. The second kappa shape index (κ2) is 6.67. The first-order valence-electron chi connectivity index (χ1n) is 7.29. The van der Waals surface area contributed by atoms with Crippen molar-refractivity contribution in [3.63, 3.8) is 0 Å². The highest BCUT2D eigenvalue weighted by Gasteiger charge is 2.09. The van der Waals surface area contributed by atoms with Crippen LogP contribution in [0.15, 0.2) is 60.7 Å². The average molecular weight is 325 g/mol. The van der Waals surface area contributed by atoms with Gasteiger partial charge in [-0.15, -0.1) is 0 Å². The fraction of sp³-hybridized carbons (Fsp3) is 0.111. The second-order valence-corrected chi connectivity index (χ2v) is 5.66. The number of nitrogens with one attached hydrogen (secondary N) is 1. The molecule has 0 aliphatic heterocycles. The van der Waals surface area contributed by atoms with E-state index in [9.17, 15) is 0 Å². The van der Waals surface area contributed by atoms with Crippen LogP contribution in [0.25, 0.3) is 0 Å². The first kappa shape index (κ1) is 15.3. The molecule has 0 saturated carbocycles. The van der Waals surface area contributed by atoms with Gasteiger partial charge in [-0.1, -0.05) is 35.9 Å². The van der Waals surface area contributed by atoms with E-state index in [0.717, 1.165) is 22.9 Å². The van der Waals surface area contributed by atoms with Gasteiger partial charge in [0.1, 0.15) is 5.82 Å². The number of hydrogen-bond donors (Lipinski definition) is 1. The van der Waals surface area contributed by atoms with Gasteiger partial charge in [0.2, 0.25) is 5.95 Å². The van der Waals surface area contributed by atoms with Gasteiger partial charge in [-0.2, -0.15) is 4.98 Å². The fourth-order valence-corrected chi connectivity index (χ4v) is 2.44. The summed E-state index contributed by atoms with van der Waals surface area (Å²) in [4.78, 5) is 11.1. The van der Waals surface area contributed by atoms with Crippen molar-refractivity contribution in [3.05, 3.63) is 71.4 Å². The Morgan fingerprint density at radius 1 is 0.957 bits per heavy atom. The summed E-state index contributed by atoms with van der Waals surface area (Å²) in [5.41, 5.74) is 2.82. The lowest BCUT2D eigenvalue weighted by atomic mass is 10.3. The molecule has 3 aromatic rings. The van der Waals surface area contributed by atoms with E-state index in [0.29, 0.717) is 11.0 Å². The topological polar surface area (TPSA) is 41.1 Å². The Bertz CT molecular complexity index is 805. The normalized spacial score (nSPS) is 10.4. The first-order chi connectivity index (χ1) is 11.1. The molecule has 1 heterocycles. The number of rotatable bonds is 4. The van der Waals surface area contributed by atoms with Crippen molar-refractivity contribution in [2.75, 3.05) is 17.3 Å². The number of anilines is 4. The molecule has 23 heavy (non-hydrogen) atoms. The molecular weight excluding hydrogens is 308 g/mol. The Labute approximate surface area is 140 Å². The summed E-state index contributed by atoms with van der Waals surface area (Å²) in [6, 6.07) is 19.5. The van der Waals surface area contributed by atoms with E-state index in [4.69, 9.17) is 11.6 Å². The van der Waals surface area contributed by atoms with Gasteiger partial charge in [0.05, 0.1) is 0 Å². The predicted octanol–water partition coefficient (Wildman–Crippen LogP) is 4.95. The molecule has 1 aromatic heterocycles. The van der Waals surface area contributed by atoms with Gasteiger partial charge in [-0.05, 0) is 37.3 Å². The molecule has 4 nitrogen and oxygen atoms in total. The van der Waals surface area contributed by atoms with E-state index in [1.54, 1.807) is 0 Å². The summed E-state index contributed by atoms with van der Waals surface area (Å²) in [5.74, 6) is 1.37. The lowest BCUT2D eigenvalue weighted by Crippen LogP contribution is -2.14. The number of nitrogens with zero attached hydrogens (tertiary/aromatic N) is 3. The molecule has 5 heteroatoms. The molecule has 1 N–H and O–H groups in total. The number of hydrogen-bond acceptors (Lipinski definition) is 4. The van der Waals surface area contributed by atoms with Gasteiger partial charge >= 0.3 is 0 Å². The van der Waals surface area contributed by atoms with Gasteiger partial charge in [0.25, 0.3) is 0 Å². The van der Waals surface area contributed by atoms with Crippen molar-refractivity contribution in [3.8, 4) is 0 Å². The quantitative estimate of drug-likeness (QED) is 0.737. The molecule has 0 radical (unpaired) electrons. The molecule has 0 fully saturated rings. The van der Waals surface area contributed by atoms with Crippen LogP contribution in [0.4, 0.5) is 23.1 Å². The Balaban J connectivity index is 1.90. The predicted molar refractivity (Wildman–Crippen MR) is 96.0 cm³/mol. The third-order valence-electron chi connectivity index (χ3n) is 3.38. The van der Waals surface area contributed by atoms with Gasteiger partial charge in [0.15, 0.2) is 0 Å². The number of aryl methyl sites for hydroxylation is 1. The Morgan fingerprint density at radius 2 is 1.74 bits per heavy atom. The maximum absolute atomic E-state index is 6.02. The summed E-state index contributed by atoms with van der Waals surface area (Å²) in [6.45, 7) is 1.95. The molecule has 0 aliphatic rings. The van der Waals surface area contributed by atoms with Crippen LogP contribution in [-0.4, -0.2) is 17.0 Å². The summed E-state index contributed by atoms with van der Waals surface area (Å²) in [7, 11) is 1.95. The number of halogens is 1. The number of para-hydroxylation sites is 1. The third kappa shape index (κ3) is 3.79. The summed E-state index contributed by atoms with van der Waals surface area (Å²) >= 11 is 6.02. The molecule has 0 bridgehead atoms. The summed E-state index contributed by atoms with van der Waals surface area (Å²) in [6.07, 6.45) is 0. The van der Waals surface area contributed by atoms with E-state index in [1.165, 1.54) is 0 Å². The van der Waals surface area contributed by atoms with Crippen LogP contribution < -0.4 is 10.2 Å². The second-order valence-electron chi connectivity index (χ2n) is 5.22. The van der Waals surface area contributed by atoms with Crippen LogP contribution in [0.5, 0.6) is 0 Å². The van der Waals surface area contributed by atoms with E-state index < -0.39 is 0 Å². The van der Waals surface area contributed by atoms with E-state index >= 15 is 0 Å². The molecule has 0 atom stereocenters. The minimum Gasteiger partial charge on any atom is -0.340 e. The maximum atomic E-state index is 6.02. The van der Waals surface area contributed by atoms with Crippen molar-refractivity contribution in [1.82, 2.24) is 9.97 Å². The Kier molecular flexibility index (Phi) is 4.44. The lowest BCUT2D eigenvalue weighted by Gasteiger charge is -2.18. The van der Waals surface area contributed by atoms with Gasteiger partial charge in [-0.25, -0.2) is 4.98 Å². The van der Waals surface area contributed by atoms with Crippen molar-refractivity contribution in [1.29, 1.82) is 0 Å². The molecule has 0 aliphatic carbocycles. The highest BCUT2D eigenvalue weighted by atomic mass is 35.5. The SMILES string of the molecule is Cc1cc(Nc2cccc(Cl)c2)nc(N(C)c2ccccc2)n1. The molecule has 116 valence electrons. The highest BCUT2D eigenvalue weighted by molar-refractivity contribution is 6.30. The summed E-state index contributed by atoms with van der Waals surface area (Å²) in [5, 5.41) is 3.95. The van der Waals surface area contributed by atoms with Crippen LogP contribution >= 0.6 is 11.6 Å². The van der Waals surface area contributed by atoms with E-state index in [2.05, 4.69) is 15.3 Å². The average Bonchev–Trinajstić information content (AvgIpc) is 2.54. The van der Waals surface area contributed by atoms with E-state index in [1.807, 2.05) is 79.5 Å². The largest absolute Gasteiger partial charge is 0.340 e.